The highest BCUT2D eigenvalue weighted by molar-refractivity contribution is 7.21. The van der Waals surface area contributed by atoms with E-state index in [-0.39, 0.29) is 18.3 Å². The van der Waals surface area contributed by atoms with E-state index in [1.54, 1.807) is 24.4 Å². The van der Waals surface area contributed by atoms with Crippen molar-refractivity contribution in [1.82, 2.24) is 9.97 Å². The Kier molecular flexibility index (Phi) is 6.13. The molecule has 0 aliphatic rings. The van der Waals surface area contributed by atoms with Crippen LogP contribution in [0.15, 0.2) is 54.7 Å². The number of carbonyl (C=O) groups is 2. The number of nitrogens with zero attached hydrogens (tertiary/aromatic N) is 2. The van der Waals surface area contributed by atoms with Crippen LogP contribution in [0.2, 0.25) is 0 Å². The molecule has 162 valence electrons. The van der Waals surface area contributed by atoms with Gasteiger partial charge in [0.25, 0.3) is 5.91 Å². The molecule has 4 rings (SSSR count). The van der Waals surface area contributed by atoms with Crippen molar-refractivity contribution in [3.63, 3.8) is 0 Å². The van der Waals surface area contributed by atoms with Crippen molar-refractivity contribution in [3.05, 3.63) is 65.9 Å². The Morgan fingerprint density at radius 1 is 1.09 bits per heavy atom. The fourth-order valence-corrected chi connectivity index (χ4v) is 4.02. The molecule has 0 saturated heterocycles. The lowest BCUT2D eigenvalue weighted by Gasteiger charge is -2.13. The van der Waals surface area contributed by atoms with E-state index in [4.69, 9.17) is 9.47 Å². The quantitative estimate of drug-likeness (QED) is 0.406. The van der Waals surface area contributed by atoms with Crippen LogP contribution in [0.1, 0.15) is 22.8 Å². The Hall–Kier alpha value is -3.78. The normalized spacial score (nSPS) is 10.7. The molecule has 0 aliphatic heterocycles. The molecule has 0 fully saturated rings. The number of aryl methyl sites for hydroxylation is 1. The molecule has 0 atom stereocenters. The molecular formula is C24H21N3O4S. The standard InChI is InChI=1S/C24H21N3O4S/c1-14-6-7-17(23-27-18-5-4-10-25-24(18)32-23)11-19(14)26-22(29)13-31-20-9-8-16(15(2)28)12-21(20)30-3/h4-12H,13H2,1-3H3,(H,26,29). The first-order valence-corrected chi connectivity index (χ1v) is 10.7. The molecule has 0 unspecified atom stereocenters. The van der Waals surface area contributed by atoms with Crippen LogP contribution in [0.25, 0.3) is 20.9 Å². The molecule has 2 aromatic carbocycles. The molecular weight excluding hydrogens is 426 g/mol. The molecule has 0 aliphatic carbocycles. The van der Waals surface area contributed by atoms with Gasteiger partial charge in [-0.1, -0.05) is 23.5 Å². The van der Waals surface area contributed by atoms with Gasteiger partial charge < -0.3 is 14.8 Å². The number of fused-ring (bicyclic) bond motifs is 1. The van der Waals surface area contributed by atoms with Crippen LogP contribution in [0.4, 0.5) is 5.69 Å². The Morgan fingerprint density at radius 2 is 1.94 bits per heavy atom. The third-order valence-corrected chi connectivity index (χ3v) is 5.88. The second-order valence-corrected chi connectivity index (χ2v) is 8.11. The minimum absolute atomic E-state index is 0.0770. The van der Waals surface area contributed by atoms with Crippen LogP contribution in [-0.4, -0.2) is 35.4 Å². The van der Waals surface area contributed by atoms with Crippen LogP contribution in [-0.2, 0) is 4.79 Å². The number of thiazole rings is 1. The Labute approximate surface area is 189 Å². The van der Waals surface area contributed by atoms with Crippen LogP contribution in [0, 0.1) is 6.92 Å². The van der Waals surface area contributed by atoms with Crippen LogP contribution in [0.3, 0.4) is 0 Å². The number of ether oxygens (including phenoxy) is 2. The van der Waals surface area contributed by atoms with Gasteiger partial charge in [-0.2, -0.15) is 0 Å². The summed E-state index contributed by atoms with van der Waals surface area (Å²) >= 11 is 1.50. The SMILES string of the molecule is COc1cc(C(C)=O)ccc1OCC(=O)Nc1cc(-c2nc3cccnc3s2)ccc1C. The van der Waals surface area contributed by atoms with Crippen LogP contribution < -0.4 is 14.8 Å². The van der Waals surface area contributed by atoms with Gasteiger partial charge in [0.05, 0.1) is 7.11 Å². The number of nitrogens with one attached hydrogen (secondary N) is 1. The minimum atomic E-state index is -0.311. The molecule has 4 aromatic rings. The van der Waals surface area contributed by atoms with Gasteiger partial charge in [-0.3, -0.25) is 9.59 Å². The Morgan fingerprint density at radius 3 is 2.69 bits per heavy atom. The molecule has 2 aromatic heterocycles. The number of anilines is 1. The van der Waals surface area contributed by atoms with E-state index in [9.17, 15) is 9.59 Å². The summed E-state index contributed by atoms with van der Waals surface area (Å²) in [6, 6.07) is 14.4. The first-order chi connectivity index (χ1) is 15.4. The summed E-state index contributed by atoms with van der Waals surface area (Å²) in [6.45, 7) is 3.19. The molecule has 0 saturated carbocycles. The van der Waals surface area contributed by atoms with Crippen molar-refractivity contribution in [2.24, 2.45) is 0 Å². The van der Waals surface area contributed by atoms with Crippen molar-refractivity contribution in [3.8, 4) is 22.1 Å². The predicted molar refractivity (Wildman–Crippen MR) is 125 cm³/mol. The second kappa shape index (κ2) is 9.15. The number of benzene rings is 2. The number of ketones is 1. The molecule has 1 N–H and O–H groups in total. The highest BCUT2D eigenvalue weighted by atomic mass is 32.1. The summed E-state index contributed by atoms with van der Waals surface area (Å²) in [6.07, 6.45) is 1.74. The maximum atomic E-state index is 12.5. The summed E-state index contributed by atoms with van der Waals surface area (Å²) in [5.41, 5.74) is 3.86. The van der Waals surface area contributed by atoms with Crippen LogP contribution >= 0.6 is 11.3 Å². The van der Waals surface area contributed by atoms with E-state index >= 15 is 0 Å². The lowest BCUT2D eigenvalue weighted by Crippen LogP contribution is -2.21. The van der Waals surface area contributed by atoms with Gasteiger partial charge in [-0.25, -0.2) is 9.97 Å². The van der Waals surface area contributed by atoms with Gasteiger partial charge in [-0.05, 0) is 55.8 Å². The number of carbonyl (C=O) groups excluding carboxylic acids is 2. The lowest BCUT2D eigenvalue weighted by molar-refractivity contribution is -0.118. The zero-order chi connectivity index (χ0) is 22.7. The number of amides is 1. The third-order valence-electron chi connectivity index (χ3n) is 4.85. The predicted octanol–water partition coefficient (Wildman–Crippen LogP) is 4.90. The maximum absolute atomic E-state index is 12.5. The first kappa shape index (κ1) is 21.5. The summed E-state index contributed by atoms with van der Waals surface area (Å²) in [4.78, 5) is 33.9. The average molecular weight is 448 g/mol. The van der Waals surface area contributed by atoms with Gasteiger partial charge in [0.15, 0.2) is 23.9 Å². The largest absolute Gasteiger partial charge is 0.493 e. The number of aromatic nitrogens is 2. The molecule has 0 bridgehead atoms. The lowest BCUT2D eigenvalue weighted by atomic mass is 10.1. The van der Waals surface area contributed by atoms with E-state index in [1.165, 1.54) is 25.4 Å². The van der Waals surface area contributed by atoms with E-state index < -0.39 is 0 Å². The zero-order valence-electron chi connectivity index (χ0n) is 17.8. The molecule has 1 amide bonds. The monoisotopic (exact) mass is 447 g/mol. The molecule has 0 radical (unpaired) electrons. The summed E-state index contributed by atoms with van der Waals surface area (Å²) in [5, 5.41) is 3.73. The number of pyridine rings is 1. The number of methoxy groups -OCH3 is 1. The Balaban J connectivity index is 1.47. The average Bonchev–Trinajstić information content (AvgIpc) is 3.23. The molecule has 7 nitrogen and oxygen atoms in total. The molecule has 0 spiro atoms. The molecule has 8 heteroatoms. The third kappa shape index (κ3) is 4.60. The molecule has 2 heterocycles. The Bertz CT molecular complexity index is 1280. The number of Topliss-reactive ketones (excluding diaryl/α,β-unsaturated/α-hetero) is 1. The van der Waals surface area contributed by atoms with Gasteiger partial charge >= 0.3 is 0 Å². The van der Waals surface area contributed by atoms with Crippen molar-refractivity contribution in [2.75, 3.05) is 19.0 Å². The fourth-order valence-electron chi connectivity index (χ4n) is 3.12. The van der Waals surface area contributed by atoms with E-state index in [2.05, 4.69) is 15.3 Å². The van der Waals surface area contributed by atoms with E-state index in [1.807, 2.05) is 37.3 Å². The fraction of sp³-hybridized carbons (Fsp3) is 0.167. The summed E-state index contributed by atoms with van der Waals surface area (Å²) in [7, 11) is 1.48. The summed E-state index contributed by atoms with van der Waals surface area (Å²) < 4.78 is 10.9. The highest BCUT2D eigenvalue weighted by Gasteiger charge is 2.13. The van der Waals surface area contributed by atoms with Crippen molar-refractivity contribution >= 4 is 39.1 Å². The van der Waals surface area contributed by atoms with Crippen molar-refractivity contribution < 1.29 is 19.1 Å². The topological polar surface area (TPSA) is 90.4 Å². The number of hydrogen-bond acceptors (Lipinski definition) is 7. The molecule has 32 heavy (non-hydrogen) atoms. The van der Waals surface area contributed by atoms with Crippen molar-refractivity contribution in [1.29, 1.82) is 0 Å². The van der Waals surface area contributed by atoms with Crippen LogP contribution in [0.5, 0.6) is 11.5 Å². The van der Waals surface area contributed by atoms with Gasteiger partial charge in [-0.15, -0.1) is 0 Å². The summed E-state index contributed by atoms with van der Waals surface area (Å²) in [5.74, 6) is 0.397. The van der Waals surface area contributed by atoms with E-state index in [0.717, 1.165) is 26.5 Å². The van der Waals surface area contributed by atoms with Gasteiger partial charge in [0.2, 0.25) is 0 Å². The second-order valence-electron chi connectivity index (χ2n) is 7.14. The smallest absolute Gasteiger partial charge is 0.262 e. The van der Waals surface area contributed by atoms with Gasteiger partial charge in [0, 0.05) is 23.0 Å². The number of hydrogen-bond donors (Lipinski definition) is 1. The zero-order valence-corrected chi connectivity index (χ0v) is 18.7. The van der Waals surface area contributed by atoms with Crippen molar-refractivity contribution in [2.45, 2.75) is 13.8 Å². The number of rotatable bonds is 7. The van der Waals surface area contributed by atoms with E-state index in [0.29, 0.717) is 22.7 Å². The first-order valence-electron chi connectivity index (χ1n) is 9.89. The highest BCUT2D eigenvalue weighted by Crippen LogP contribution is 2.32. The van der Waals surface area contributed by atoms with Gasteiger partial charge in [0.1, 0.15) is 15.4 Å². The maximum Gasteiger partial charge on any atom is 0.262 e. The minimum Gasteiger partial charge on any atom is -0.493 e.